The molecule has 12 nitrogen and oxygen atoms in total. The summed E-state index contributed by atoms with van der Waals surface area (Å²) < 4.78 is 50.6. The number of aromatic nitrogens is 4. The Morgan fingerprint density at radius 2 is 1.66 bits per heavy atom. The molecule has 1 atom stereocenters. The number of ether oxygens (including phenoxy) is 1. The van der Waals surface area contributed by atoms with Crippen LogP contribution in [0.3, 0.4) is 0 Å². The van der Waals surface area contributed by atoms with Gasteiger partial charge >= 0.3 is 7.60 Å². The minimum atomic E-state index is -3.70. The van der Waals surface area contributed by atoms with Gasteiger partial charge in [0.05, 0.1) is 31.2 Å². The number of nitrogens with two attached hydrogens (primary N) is 1. The highest BCUT2D eigenvalue weighted by atomic mass is 31.2. The molecule has 3 N–H and O–H groups in total. The van der Waals surface area contributed by atoms with Gasteiger partial charge in [-0.1, -0.05) is 0 Å². The molecule has 0 amide bonds. The maximum Gasteiger partial charge on any atom is 0.340 e. The molecule has 0 aliphatic rings. The van der Waals surface area contributed by atoms with Crippen molar-refractivity contribution >= 4 is 32.1 Å². The lowest BCUT2D eigenvalue weighted by Crippen LogP contribution is -2.16. The van der Waals surface area contributed by atoms with Crippen LogP contribution in [0.15, 0.2) is 11.1 Å². The SMILES string of the molecule is CC(C)OP(=O)(COCCn1cnc2c(=O)[nH]c(N)nc21)CP(=O)(OC(C)C)OC(C)C. The fourth-order valence-electron chi connectivity index (χ4n) is 2.99. The number of anilines is 1. The average molecular weight is 493 g/mol. The summed E-state index contributed by atoms with van der Waals surface area (Å²) in [7, 11) is -7.23. The van der Waals surface area contributed by atoms with Gasteiger partial charge in [0.1, 0.15) is 12.3 Å². The molecule has 14 heteroatoms. The fraction of sp³-hybridized carbons (Fsp3) is 0.722. The molecule has 32 heavy (non-hydrogen) atoms. The number of hydrogen-bond acceptors (Lipinski definition) is 10. The summed E-state index contributed by atoms with van der Waals surface area (Å²) in [5, 5.41) is 0. The van der Waals surface area contributed by atoms with Crippen LogP contribution in [-0.4, -0.2) is 56.7 Å². The Balaban J connectivity index is 2.09. The summed E-state index contributed by atoms with van der Waals surface area (Å²) in [5.41, 5.74) is 5.63. The number of fused-ring (bicyclic) bond motifs is 1. The van der Waals surface area contributed by atoms with E-state index >= 15 is 0 Å². The molecule has 0 saturated carbocycles. The number of nitrogens with one attached hydrogen (secondary N) is 1. The smallest absolute Gasteiger partial charge is 0.340 e. The first kappa shape index (κ1) is 26.7. The number of hydrogen-bond donors (Lipinski definition) is 2. The lowest BCUT2D eigenvalue weighted by Gasteiger charge is -2.27. The van der Waals surface area contributed by atoms with Crippen molar-refractivity contribution in [1.82, 2.24) is 19.5 Å². The molecule has 0 radical (unpaired) electrons. The Bertz CT molecular complexity index is 1040. The van der Waals surface area contributed by atoms with Crippen molar-refractivity contribution < 1.29 is 27.4 Å². The first-order valence-corrected chi connectivity index (χ1v) is 14.1. The number of nitrogen functional groups attached to an aromatic ring is 1. The predicted octanol–water partition coefficient (Wildman–Crippen LogP) is 3.38. The van der Waals surface area contributed by atoms with Crippen molar-refractivity contribution in [1.29, 1.82) is 0 Å². The first-order chi connectivity index (χ1) is 14.8. The molecule has 0 spiro atoms. The van der Waals surface area contributed by atoms with E-state index in [0.29, 0.717) is 5.65 Å². The van der Waals surface area contributed by atoms with Crippen LogP contribution in [0.4, 0.5) is 5.95 Å². The molecule has 0 aliphatic heterocycles. The molecule has 0 aromatic carbocycles. The maximum atomic E-state index is 13.5. The molecule has 0 fully saturated rings. The zero-order valence-electron chi connectivity index (χ0n) is 19.3. The molecular weight excluding hydrogens is 460 g/mol. The molecule has 1 unspecified atom stereocenters. The van der Waals surface area contributed by atoms with E-state index < -0.39 is 26.4 Å². The van der Waals surface area contributed by atoms with E-state index in [4.69, 9.17) is 24.0 Å². The van der Waals surface area contributed by atoms with Gasteiger partial charge in [-0.2, -0.15) is 4.98 Å². The van der Waals surface area contributed by atoms with Crippen molar-refractivity contribution in [2.75, 3.05) is 24.6 Å². The van der Waals surface area contributed by atoms with Crippen molar-refractivity contribution in [3.05, 3.63) is 16.7 Å². The summed E-state index contributed by atoms with van der Waals surface area (Å²) in [6.07, 6.45) is 0.0192. The number of imidazole rings is 1. The van der Waals surface area contributed by atoms with Crippen molar-refractivity contribution in [3.63, 3.8) is 0 Å². The molecule has 0 bridgehead atoms. The van der Waals surface area contributed by atoms with Gasteiger partial charge in [-0.05, 0) is 41.5 Å². The van der Waals surface area contributed by atoms with Gasteiger partial charge in [-0.25, -0.2) is 4.98 Å². The van der Waals surface area contributed by atoms with E-state index in [1.165, 1.54) is 6.33 Å². The van der Waals surface area contributed by atoms with Crippen LogP contribution in [0, 0.1) is 0 Å². The molecular formula is C18H33N5O7P2. The highest BCUT2D eigenvalue weighted by Crippen LogP contribution is 2.64. The second kappa shape index (κ2) is 11.0. The van der Waals surface area contributed by atoms with Crippen LogP contribution in [-0.2, 0) is 34.0 Å². The lowest BCUT2D eigenvalue weighted by molar-refractivity contribution is 0.137. The second-order valence-corrected chi connectivity index (χ2v) is 13.0. The Morgan fingerprint density at radius 3 is 2.22 bits per heavy atom. The van der Waals surface area contributed by atoms with Crippen molar-refractivity contribution in [2.24, 2.45) is 0 Å². The van der Waals surface area contributed by atoms with Crippen molar-refractivity contribution in [2.45, 2.75) is 66.4 Å². The molecule has 2 aromatic rings. The fourth-order valence-corrected chi connectivity index (χ4v) is 8.80. The Labute approximate surface area is 187 Å². The van der Waals surface area contributed by atoms with Crippen LogP contribution in [0.1, 0.15) is 41.5 Å². The molecule has 2 heterocycles. The molecule has 182 valence electrons. The molecule has 2 aromatic heterocycles. The van der Waals surface area contributed by atoms with Gasteiger partial charge in [-0.3, -0.25) is 18.9 Å². The summed E-state index contributed by atoms with van der Waals surface area (Å²) in [5.74, 6) is -0.415. The highest BCUT2D eigenvalue weighted by Gasteiger charge is 2.39. The van der Waals surface area contributed by atoms with Gasteiger partial charge in [0, 0.05) is 6.54 Å². The average Bonchev–Trinajstić information content (AvgIpc) is 2.99. The van der Waals surface area contributed by atoms with E-state index in [9.17, 15) is 13.9 Å². The van der Waals surface area contributed by atoms with Crippen LogP contribution in [0.25, 0.3) is 11.2 Å². The number of nitrogens with zero attached hydrogens (tertiary/aromatic N) is 3. The van der Waals surface area contributed by atoms with Gasteiger partial charge < -0.3 is 28.6 Å². The van der Waals surface area contributed by atoms with Crippen LogP contribution in [0.2, 0.25) is 0 Å². The zero-order chi connectivity index (χ0) is 24.1. The summed E-state index contributed by atoms with van der Waals surface area (Å²) in [6.45, 7) is 10.8. The zero-order valence-corrected chi connectivity index (χ0v) is 21.1. The quantitative estimate of drug-likeness (QED) is 0.313. The Kier molecular flexibility index (Phi) is 9.22. The van der Waals surface area contributed by atoms with Gasteiger partial charge in [-0.15, -0.1) is 0 Å². The van der Waals surface area contributed by atoms with E-state index in [1.807, 2.05) is 0 Å². The number of aromatic amines is 1. The maximum absolute atomic E-state index is 13.5. The van der Waals surface area contributed by atoms with Crippen molar-refractivity contribution in [3.8, 4) is 0 Å². The molecule has 2 rings (SSSR count). The van der Waals surface area contributed by atoms with E-state index in [-0.39, 0.29) is 49.3 Å². The summed E-state index contributed by atoms with van der Waals surface area (Å²) in [6, 6.07) is 0. The number of H-pyrrole nitrogens is 1. The van der Waals surface area contributed by atoms with E-state index in [1.54, 1.807) is 46.1 Å². The monoisotopic (exact) mass is 493 g/mol. The normalized spacial score (nSPS) is 14.7. The topological polar surface area (TPSA) is 161 Å². The third-order valence-electron chi connectivity index (χ3n) is 3.79. The third-order valence-corrected chi connectivity index (χ3v) is 9.77. The van der Waals surface area contributed by atoms with Gasteiger partial charge in [0.25, 0.3) is 5.56 Å². The Morgan fingerprint density at radius 1 is 1.06 bits per heavy atom. The van der Waals surface area contributed by atoms with Crippen LogP contribution >= 0.6 is 15.0 Å². The van der Waals surface area contributed by atoms with E-state index in [2.05, 4.69) is 15.0 Å². The Hall–Kier alpha value is -1.55. The third kappa shape index (κ3) is 7.79. The largest absolute Gasteiger partial charge is 0.369 e. The predicted molar refractivity (Wildman–Crippen MR) is 122 cm³/mol. The standard InChI is InChI=1S/C18H33N5O7P2/c1-12(2)28-31(25,11-32(26,29-13(3)4)30-14(5)6)10-27-8-7-23-9-20-15-16(23)21-18(19)22-17(15)24/h9,12-14H,7-8,10-11H2,1-6H3,(H3,19,21,22,24). The highest BCUT2D eigenvalue weighted by molar-refractivity contribution is 7.73. The van der Waals surface area contributed by atoms with E-state index in [0.717, 1.165) is 0 Å². The minimum Gasteiger partial charge on any atom is -0.369 e. The summed E-state index contributed by atoms with van der Waals surface area (Å²) >= 11 is 0. The van der Waals surface area contributed by atoms with Crippen LogP contribution < -0.4 is 11.3 Å². The van der Waals surface area contributed by atoms with Gasteiger partial charge in [0.2, 0.25) is 13.3 Å². The number of rotatable bonds is 13. The minimum absolute atomic E-state index is 0.0222. The summed E-state index contributed by atoms with van der Waals surface area (Å²) in [4.78, 5) is 22.4. The van der Waals surface area contributed by atoms with Gasteiger partial charge in [0.15, 0.2) is 11.2 Å². The lowest BCUT2D eigenvalue weighted by atomic mass is 10.5. The molecule has 0 aliphatic carbocycles. The second-order valence-electron chi connectivity index (χ2n) is 8.13. The molecule has 0 saturated heterocycles. The van der Waals surface area contributed by atoms with Crippen LogP contribution in [0.5, 0.6) is 0 Å². The first-order valence-electron chi connectivity index (χ1n) is 10.3.